The maximum absolute atomic E-state index is 11.9. The summed E-state index contributed by atoms with van der Waals surface area (Å²) < 4.78 is 0. The summed E-state index contributed by atoms with van der Waals surface area (Å²) in [4.78, 5) is 23.0. The molecule has 0 aliphatic carbocycles. The number of carbonyl (C=O) groups is 1. The van der Waals surface area contributed by atoms with E-state index in [1.165, 1.54) is 23.5 Å². The highest BCUT2D eigenvalue weighted by Crippen LogP contribution is 2.25. The highest BCUT2D eigenvalue weighted by molar-refractivity contribution is 7.12. The standard InChI is InChI=1S/C13H10ClN3O3S/c1-8(12-3-2-6-21-12)15-16-13(18)9-4-5-10(14)11(7-9)17(19)20/h2-7H,1H3,(H,16,18)/b15-8-. The Bertz CT molecular complexity index is 713. The quantitative estimate of drug-likeness (QED) is 0.531. The van der Waals surface area contributed by atoms with Gasteiger partial charge in [-0.2, -0.15) is 5.10 Å². The van der Waals surface area contributed by atoms with Crippen LogP contribution >= 0.6 is 22.9 Å². The number of amides is 1. The van der Waals surface area contributed by atoms with Gasteiger partial charge < -0.3 is 0 Å². The SMILES string of the molecule is C/C(=N/NC(=O)c1ccc(Cl)c([N+](=O)[O-])c1)c1cccs1. The van der Waals surface area contributed by atoms with Crippen LogP contribution in [0.2, 0.25) is 5.02 Å². The van der Waals surface area contributed by atoms with Gasteiger partial charge in [-0.05, 0) is 30.5 Å². The van der Waals surface area contributed by atoms with Gasteiger partial charge in [-0.25, -0.2) is 5.43 Å². The maximum Gasteiger partial charge on any atom is 0.288 e. The minimum atomic E-state index is -0.640. The number of rotatable bonds is 4. The lowest BCUT2D eigenvalue weighted by molar-refractivity contribution is -0.384. The van der Waals surface area contributed by atoms with Crippen LogP contribution in [-0.4, -0.2) is 16.5 Å². The van der Waals surface area contributed by atoms with E-state index in [-0.39, 0.29) is 16.3 Å². The predicted molar refractivity (Wildman–Crippen MR) is 82.1 cm³/mol. The van der Waals surface area contributed by atoms with Gasteiger partial charge in [0.25, 0.3) is 11.6 Å². The van der Waals surface area contributed by atoms with Crippen molar-refractivity contribution in [2.45, 2.75) is 6.92 Å². The Morgan fingerprint density at radius 1 is 1.43 bits per heavy atom. The molecule has 0 bridgehead atoms. The Balaban J connectivity index is 2.16. The second-order valence-corrected chi connectivity index (χ2v) is 5.39. The molecule has 1 heterocycles. The molecule has 0 fully saturated rings. The largest absolute Gasteiger partial charge is 0.288 e. The molecular weight excluding hydrogens is 314 g/mol. The molecule has 1 N–H and O–H groups in total. The number of nitro benzene ring substituents is 1. The molecule has 1 amide bonds. The van der Waals surface area contributed by atoms with E-state index in [0.717, 1.165) is 10.9 Å². The van der Waals surface area contributed by atoms with Gasteiger partial charge in [-0.3, -0.25) is 14.9 Å². The van der Waals surface area contributed by atoms with Crippen LogP contribution in [0.5, 0.6) is 0 Å². The van der Waals surface area contributed by atoms with Gasteiger partial charge >= 0.3 is 0 Å². The summed E-state index contributed by atoms with van der Waals surface area (Å²) in [6, 6.07) is 7.59. The predicted octanol–water partition coefficient (Wildman–Crippen LogP) is 3.46. The summed E-state index contributed by atoms with van der Waals surface area (Å²) in [5.41, 5.74) is 2.82. The van der Waals surface area contributed by atoms with E-state index in [1.54, 1.807) is 6.92 Å². The molecule has 0 unspecified atom stereocenters. The number of carbonyl (C=O) groups excluding carboxylic acids is 1. The molecule has 1 aromatic carbocycles. The lowest BCUT2D eigenvalue weighted by Crippen LogP contribution is -2.19. The first-order valence-corrected chi connectivity index (χ1v) is 7.07. The van der Waals surface area contributed by atoms with Gasteiger partial charge in [0.1, 0.15) is 5.02 Å². The van der Waals surface area contributed by atoms with Crippen LogP contribution in [0.15, 0.2) is 40.8 Å². The maximum atomic E-state index is 11.9. The average Bonchev–Trinajstić information content (AvgIpc) is 2.98. The Hall–Kier alpha value is -2.25. The van der Waals surface area contributed by atoms with E-state index in [1.807, 2.05) is 17.5 Å². The van der Waals surface area contributed by atoms with Gasteiger partial charge in [0, 0.05) is 16.5 Å². The third kappa shape index (κ3) is 3.65. The minimum Gasteiger partial charge on any atom is -0.267 e. The first-order chi connectivity index (χ1) is 9.99. The Morgan fingerprint density at radius 2 is 2.19 bits per heavy atom. The molecule has 0 aliphatic heterocycles. The molecule has 8 heteroatoms. The number of hydrazone groups is 1. The molecule has 2 rings (SSSR count). The third-order valence-electron chi connectivity index (χ3n) is 2.61. The molecule has 0 saturated carbocycles. The van der Waals surface area contributed by atoms with Gasteiger partial charge in [-0.15, -0.1) is 11.3 Å². The second-order valence-electron chi connectivity index (χ2n) is 4.04. The number of nitrogens with one attached hydrogen (secondary N) is 1. The van der Waals surface area contributed by atoms with E-state index < -0.39 is 10.8 Å². The van der Waals surface area contributed by atoms with Crippen molar-refractivity contribution in [3.8, 4) is 0 Å². The van der Waals surface area contributed by atoms with Crippen LogP contribution in [0.4, 0.5) is 5.69 Å². The number of thiophene rings is 1. The van der Waals surface area contributed by atoms with Crippen molar-refractivity contribution in [3.05, 3.63) is 61.3 Å². The molecule has 0 saturated heterocycles. The molecule has 0 atom stereocenters. The summed E-state index contributed by atoms with van der Waals surface area (Å²) in [6.45, 7) is 1.76. The summed E-state index contributed by atoms with van der Waals surface area (Å²) in [5, 5.41) is 16.6. The zero-order valence-electron chi connectivity index (χ0n) is 10.9. The Labute approximate surface area is 129 Å². The van der Waals surface area contributed by atoms with Gasteiger partial charge in [0.15, 0.2) is 0 Å². The Kier molecular flexibility index (Phi) is 4.66. The summed E-state index contributed by atoms with van der Waals surface area (Å²) >= 11 is 7.19. The Morgan fingerprint density at radius 3 is 2.81 bits per heavy atom. The van der Waals surface area contributed by atoms with E-state index in [2.05, 4.69) is 10.5 Å². The van der Waals surface area contributed by atoms with Crippen molar-refractivity contribution in [1.29, 1.82) is 0 Å². The zero-order valence-corrected chi connectivity index (χ0v) is 12.4. The monoisotopic (exact) mass is 323 g/mol. The van der Waals surface area contributed by atoms with Crippen molar-refractivity contribution in [1.82, 2.24) is 5.43 Å². The fourth-order valence-electron chi connectivity index (χ4n) is 1.53. The van der Waals surface area contributed by atoms with Crippen LogP contribution in [-0.2, 0) is 0 Å². The van der Waals surface area contributed by atoms with Crippen molar-refractivity contribution in [2.75, 3.05) is 0 Å². The molecule has 108 valence electrons. The molecular formula is C13H10ClN3O3S. The fourth-order valence-corrected chi connectivity index (χ4v) is 2.40. The first-order valence-electron chi connectivity index (χ1n) is 5.81. The summed E-state index contributed by atoms with van der Waals surface area (Å²) in [5.74, 6) is -0.536. The summed E-state index contributed by atoms with van der Waals surface area (Å²) in [7, 11) is 0. The van der Waals surface area contributed by atoms with E-state index in [4.69, 9.17) is 11.6 Å². The number of halogens is 1. The van der Waals surface area contributed by atoms with Crippen LogP contribution in [0.1, 0.15) is 22.2 Å². The van der Waals surface area contributed by atoms with Crippen molar-refractivity contribution >= 4 is 40.2 Å². The van der Waals surface area contributed by atoms with Gasteiger partial charge in [-0.1, -0.05) is 17.7 Å². The van der Waals surface area contributed by atoms with Crippen LogP contribution in [0, 0.1) is 10.1 Å². The lowest BCUT2D eigenvalue weighted by atomic mass is 10.2. The third-order valence-corrected chi connectivity index (χ3v) is 3.91. The molecule has 0 aliphatic rings. The number of nitrogens with zero attached hydrogens (tertiary/aromatic N) is 2. The molecule has 2 aromatic rings. The number of hydrogen-bond donors (Lipinski definition) is 1. The number of nitro groups is 1. The van der Waals surface area contributed by atoms with Crippen molar-refractivity contribution in [3.63, 3.8) is 0 Å². The molecule has 6 nitrogen and oxygen atoms in total. The zero-order chi connectivity index (χ0) is 15.4. The fraction of sp³-hybridized carbons (Fsp3) is 0.0769. The summed E-state index contributed by atoms with van der Waals surface area (Å²) in [6.07, 6.45) is 0. The molecule has 21 heavy (non-hydrogen) atoms. The smallest absolute Gasteiger partial charge is 0.267 e. The number of benzene rings is 1. The van der Waals surface area contributed by atoms with Gasteiger partial charge in [0.05, 0.1) is 10.6 Å². The first kappa shape index (κ1) is 15.1. The van der Waals surface area contributed by atoms with E-state index in [0.29, 0.717) is 5.71 Å². The minimum absolute atomic E-state index is 0.0187. The molecule has 1 aromatic heterocycles. The van der Waals surface area contributed by atoms with Crippen LogP contribution in [0.25, 0.3) is 0 Å². The van der Waals surface area contributed by atoms with Gasteiger partial charge in [0.2, 0.25) is 0 Å². The van der Waals surface area contributed by atoms with E-state index >= 15 is 0 Å². The highest BCUT2D eigenvalue weighted by Gasteiger charge is 2.16. The molecule has 0 spiro atoms. The van der Waals surface area contributed by atoms with Crippen LogP contribution < -0.4 is 5.43 Å². The van der Waals surface area contributed by atoms with Crippen molar-refractivity contribution < 1.29 is 9.72 Å². The second kappa shape index (κ2) is 6.47. The molecule has 0 radical (unpaired) electrons. The van der Waals surface area contributed by atoms with Crippen molar-refractivity contribution in [2.24, 2.45) is 5.10 Å². The topological polar surface area (TPSA) is 84.6 Å². The van der Waals surface area contributed by atoms with E-state index in [9.17, 15) is 14.9 Å². The van der Waals surface area contributed by atoms with Crippen LogP contribution in [0.3, 0.4) is 0 Å². The average molecular weight is 324 g/mol. The highest BCUT2D eigenvalue weighted by atomic mass is 35.5. The normalized spacial score (nSPS) is 11.2. The lowest BCUT2D eigenvalue weighted by Gasteiger charge is -2.02. The number of hydrogen-bond acceptors (Lipinski definition) is 5.